The summed E-state index contributed by atoms with van der Waals surface area (Å²) in [5.41, 5.74) is 1.83. The molecule has 1 aromatic heterocycles. The highest BCUT2D eigenvalue weighted by atomic mass is 16.5. The van der Waals surface area contributed by atoms with Gasteiger partial charge in [0.15, 0.2) is 0 Å². The molecule has 0 unspecified atom stereocenters. The minimum Gasteiger partial charge on any atom is -0.378 e. The highest BCUT2D eigenvalue weighted by molar-refractivity contribution is 5.95. The van der Waals surface area contributed by atoms with Crippen molar-refractivity contribution < 1.29 is 9.53 Å². The molecule has 19 heavy (non-hydrogen) atoms. The number of ether oxygens (including phenoxy) is 1. The first kappa shape index (κ1) is 14.1. The first-order valence-electron chi connectivity index (χ1n) is 7.08. The molecular formula is C15H24N2O2. The molecule has 106 valence electrons. The lowest BCUT2D eigenvalue weighted by Gasteiger charge is -2.18. The SMILES string of the molecule is Cc1c(C(=O)N(C)CCC[C@@H]2CCCO2)ccn1C. The van der Waals surface area contributed by atoms with E-state index in [1.165, 1.54) is 12.8 Å². The molecule has 0 spiro atoms. The molecule has 4 nitrogen and oxygen atoms in total. The van der Waals surface area contributed by atoms with Crippen LogP contribution in [0.15, 0.2) is 12.3 Å². The third kappa shape index (κ3) is 3.38. The van der Waals surface area contributed by atoms with Crippen molar-refractivity contribution >= 4 is 5.91 Å². The summed E-state index contributed by atoms with van der Waals surface area (Å²) in [4.78, 5) is 14.1. The maximum Gasteiger partial charge on any atom is 0.255 e. The fourth-order valence-electron chi connectivity index (χ4n) is 2.57. The minimum absolute atomic E-state index is 0.116. The van der Waals surface area contributed by atoms with Crippen LogP contribution in [0.3, 0.4) is 0 Å². The van der Waals surface area contributed by atoms with Gasteiger partial charge < -0.3 is 14.2 Å². The maximum atomic E-state index is 12.3. The normalized spacial score (nSPS) is 18.8. The second-order valence-corrected chi connectivity index (χ2v) is 5.43. The third-order valence-electron chi connectivity index (χ3n) is 4.00. The van der Waals surface area contributed by atoms with Crippen LogP contribution in [0.4, 0.5) is 0 Å². The molecule has 2 rings (SSSR count). The van der Waals surface area contributed by atoms with Crippen LogP contribution in [0.5, 0.6) is 0 Å². The van der Waals surface area contributed by atoms with Gasteiger partial charge in [-0.05, 0) is 38.7 Å². The quantitative estimate of drug-likeness (QED) is 0.818. The van der Waals surface area contributed by atoms with Crippen LogP contribution in [0.2, 0.25) is 0 Å². The Labute approximate surface area is 115 Å². The molecule has 0 radical (unpaired) electrons. The maximum absolute atomic E-state index is 12.3. The zero-order chi connectivity index (χ0) is 13.8. The number of amides is 1. The summed E-state index contributed by atoms with van der Waals surface area (Å²) >= 11 is 0. The van der Waals surface area contributed by atoms with Crippen LogP contribution in [0, 0.1) is 6.92 Å². The van der Waals surface area contributed by atoms with Crippen molar-refractivity contribution in [2.24, 2.45) is 7.05 Å². The van der Waals surface area contributed by atoms with E-state index in [0.29, 0.717) is 6.10 Å². The van der Waals surface area contributed by atoms with Crippen LogP contribution in [0.1, 0.15) is 41.7 Å². The van der Waals surface area contributed by atoms with Gasteiger partial charge in [-0.2, -0.15) is 0 Å². The monoisotopic (exact) mass is 264 g/mol. The summed E-state index contributed by atoms with van der Waals surface area (Å²) in [6, 6.07) is 1.90. The summed E-state index contributed by atoms with van der Waals surface area (Å²) in [6.07, 6.45) is 6.78. The molecule has 1 amide bonds. The Morgan fingerprint density at radius 2 is 2.37 bits per heavy atom. The number of nitrogens with zero attached hydrogens (tertiary/aromatic N) is 2. The van der Waals surface area contributed by atoms with Crippen molar-refractivity contribution in [1.82, 2.24) is 9.47 Å². The van der Waals surface area contributed by atoms with Gasteiger partial charge in [-0.1, -0.05) is 0 Å². The van der Waals surface area contributed by atoms with Gasteiger partial charge in [0, 0.05) is 39.1 Å². The number of rotatable bonds is 5. The van der Waals surface area contributed by atoms with Gasteiger partial charge in [-0.25, -0.2) is 0 Å². The van der Waals surface area contributed by atoms with Crippen LogP contribution >= 0.6 is 0 Å². The summed E-state index contributed by atoms with van der Waals surface area (Å²) in [5, 5.41) is 0. The molecule has 0 aliphatic carbocycles. The van der Waals surface area contributed by atoms with Crippen LogP contribution in [0.25, 0.3) is 0 Å². The highest BCUT2D eigenvalue weighted by Crippen LogP contribution is 2.17. The molecule has 0 saturated carbocycles. The number of hydrogen-bond donors (Lipinski definition) is 0. The van der Waals surface area contributed by atoms with Crippen LogP contribution in [-0.2, 0) is 11.8 Å². The fraction of sp³-hybridized carbons (Fsp3) is 0.667. The van der Waals surface area contributed by atoms with Gasteiger partial charge in [-0.3, -0.25) is 4.79 Å². The van der Waals surface area contributed by atoms with Gasteiger partial charge in [0.05, 0.1) is 11.7 Å². The predicted octanol–water partition coefficient (Wildman–Crippen LogP) is 2.36. The van der Waals surface area contributed by atoms with Crippen LogP contribution in [-0.4, -0.2) is 41.7 Å². The fourth-order valence-corrected chi connectivity index (χ4v) is 2.57. The zero-order valence-electron chi connectivity index (χ0n) is 12.2. The van der Waals surface area contributed by atoms with Crippen molar-refractivity contribution in [3.63, 3.8) is 0 Å². The molecule has 1 aliphatic rings. The van der Waals surface area contributed by atoms with E-state index in [4.69, 9.17) is 4.74 Å². The lowest BCUT2D eigenvalue weighted by molar-refractivity contribution is 0.0762. The van der Waals surface area contributed by atoms with Gasteiger partial charge in [0.25, 0.3) is 5.91 Å². The molecule has 1 saturated heterocycles. The summed E-state index contributed by atoms with van der Waals surface area (Å²) in [5.74, 6) is 0.116. The standard InChI is InChI=1S/C15H24N2O2/c1-12-14(8-10-16(12)2)15(18)17(3)9-4-6-13-7-5-11-19-13/h8,10,13H,4-7,9,11H2,1-3H3/t13-/m1/s1. The summed E-state index contributed by atoms with van der Waals surface area (Å²) < 4.78 is 7.58. The Morgan fingerprint density at radius 3 is 2.95 bits per heavy atom. The van der Waals surface area contributed by atoms with E-state index in [1.54, 1.807) is 0 Å². The molecule has 1 atom stereocenters. The molecule has 1 aliphatic heterocycles. The average Bonchev–Trinajstić information content (AvgIpc) is 3.01. The Morgan fingerprint density at radius 1 is 1.58 bits per heavy atom. The van der Waals surface area contributed by atoms with E-state index in [2.05, 4.69) is 0 Å². The van der Waals surface area contributed by atoms with Gasteiger partial charge >= 0.3 is 0 Å². The molecule has 0 aromatic carbocycles. The molecule has 2 heterocycles. The lowest BCUT2D eigenvalue weighted by Crippen LogP contribution is -2.28. The van der Waals surface area contributed by atoms with Crippen LogP contribution < -0.4 is 0 Å². The largest absolute Gasteiger partial charge is 0.378 e. The first-order chi connectivity index (χ1) is 9.09. The topological polar surface area (TPSA) is 34.5 Å². The summed E-state index contributed by atoms with van der Waals surface area (Å²) in [7, 11) is 3.84. The molecule has 4 heteroatoms. The Kier molecular flexibility index (Phi) is 4.64. The molecule has 1 fully saturated rings. The van der Waals surface area contributed by atoms with E-state index in [-0.39, 0.29) is 5.91 Å². The van der Waals surface area contributed by atoms with E-state index < -0.39 is 0 Å². The van der Waals surface area contributed by atoms with E-state index in [9.17, 15) is 4.79 Å². The highest BCUT2D eigenvalue weighted by Gasteiger charge is 2.18. The van der Waals surface area contributed by atoms with Crippen molar-refractivity contribution in [2.75, 3.05) is 20.2 Å². The molecule has 1 aromatic rings. The van der Waals surface area contributed by atoms with Crippen molar-refractivity contribution in [3.8, 4) is 0 Å². The van der Waals surface area contributed by atoms with Crippen molar-refractivity contribution in [1.29, 1.82) is 0 Å². The van der Waals surface area contributed by atoms with E-state index >= 15 is 0 Å². The smallest absolute Gasteiger partial charge is 0.255 e. The molecule has 0 N–H and O–H groups in total. The first-order valence-corrected chi connectivity index (χ1v) is 7.08. The van der Waals surface area contributed by atoms with E-state index in [1.807, 2.05) is 42.7 Å². The Balaban J connectivity index is 1.80. The minimum atomic E-state index is 0.116. The number of carbonyl (C=O) groups is 1. The number of hydrogen-bond acceptors (Lipinski definition) is 2. The Hall–Kier alpha value is -1.29. The summed E-state index contributed by atoms with van der Waals surface area (Å²) in [6.45, 7) is 3.68. The Bertz CT molecular complexity index is 433. The van der Waals surface area contributed by atoms with Gasteiger partial charge in [0.2, 0.25) is 0 Å². The van der Waals surface area contributed by atoms with Gasteiger partial charge in [-0.15, -0.1) is 0 Å². The van der Waals surface area contributed by atoms with Crippen molar-refractivity contribution in [3.05, 3.63) is 23.5 Å². The number of aromatic nitrogens is 1. The second-order valence-electron chi connectivity index (χ2n) is 5.43. The molecule has 0 bridgehead atoms. The lowest BCUT2D eigenvalue weighted by atomic mass is 10.1. The number of carbonyl (C=O) groups excluding carboxylic acids is 1. The van der Waals surface area contributed by atoms with E-state index in [0.717, 1.165) is 37.3 Å². The predicted molar refractivity (Wildman–Crippen MR) is 75.3 cm³/mol. The zero-order valence-corrected chi connectivity index (χ0v) is 12.2. The number of aryl methyl sites for hydroxylation is 1. The second kappa shape index (κ2) is 6.24. The van der Waals surface area contributed by atoms with Gasteiger partial charge in [0.1, 0.15) is 0 Å². The third-order valence-corrected chi connectivity index (χ3v) is 4.00. The average molecular weight is 264 g/mol. The van der Waals surface area contributed by atoms with Crippen molar-refractivity contribution in [2.45, 2.75) is 38.7 Å². The molecular weight excluding hydrogens is 240 g/mol.